The van der Waals surface area contributed by atoms with Crippen molar-refractivity contribution in [2.45, 2.75) is 13.0 Å². The summed E-state index contributed by atoms with van der Waals surface area (Å²) < 4.78 is 10.1. The van der Waals surface area contributed by atoms with Gasteiger partial charge in [-0.25, -0.2) is 0 Å². The van der Waals surface area contributed by atoms with E-state index in [9.17, 15) is 5.11 Å². The molecule has 0 heterocycles. The van der Waals surface area contributed by atoms with E-state index >= 15 is 0 Å². The number of halogens is 1. The van der Waals surface area contributed by atoms with Crippen LogP contribution in [0.3, 0.4) is 0 Å². The largest absolute Gasteiger partial charge is 0.506 e. The van der Waals surface area contributed by atoms with Crippen LogP contribution in [-0.4, -0.2) is 19.3 Å². The van der Waals surface area contributed by atoms with Crippen LogP contribution in [0.1, 0.15) is 18.5 Å². The van der Waals surface area contributed by atoms with Gasteiger partial charge in [0.15, 0.2) is 11.5 Å². The fourth-order valence-corrected chi connectivity index (χ4v) is 1.59. The van der Waals surface area contributed by atoms with Crippen molar-refractivity contribution < 1.29 is 14.6 Å². The molecule has 4 nitrogen and oxygen atoms in total. The van der Waals surface area contributed by atoms with E-state index in [0.717, 1.165) is 0 Å². The van der Waals surface area contributed by atoms with Gasteiger partial charge in [0.2, 0.25) is 0 Å². The Kier molecular flexibility index (Phi) is 3.66. The van der Waals surface area contributed by atoms with Gasteiger partial charge >= 0.3 is 0 Å². The minimum absolute atomic E-state index is 0.0654. The van der Waals surface area contributed by atoms with Crippen molar-refractivity contribution in [2.75, 3.05) is 14.2 Å². The molecule has 0 spiro atoms. The third kappa shape index (κ3) is 2.11. The lowest BCUT2D eigenvalue weighted by Crippen LogP contribution is -2.06. The molecule has 0 bridgehead atoms. The smallest absolute Gasteiger partial charge is 0.183 e. The van der Waals surface area contributed by atoms with Crippen LogP contribution in [0.25, 0.3) is 0 Å². The molecule has 84 valence electrons. The molecule has 0 radical (unpaired) electrons. The number of ether oxygens (including phenoxy) is 2. The molecule has 1 rings (SSSR count). The van der Waals surface area contributed by atoms with Crippen molar-refractivity contribution in [3.63, 3.8) is 0 Å². The van der Waals surface area contributed by atoms with Gasteiger partial charge in [0.05, 0.1) is 14.2 Å². The number of aromatic hydroxyl groups is 1. The summed E-state index contributed by atoms with van der Waals surface area (Å²) >= 11 is 5.92. The lowest BCUT2D eigenvalue weighted by atomic mass is 10.1. The van der Waals surface area contributed by atoms with Gasteiger partial charge in [-0.15, -0.1) is 0 Å². The predicted octanol–water partition coefficient (Wildman–Crippen LogP) is 2.08. The molecule has 0 saturated heterocycles. The van der Waals surface area contributed by atoms with Gasteiger partial charge in [-0.05, 0) is 13.0 Å². The van der Waals surface area contributed by atoms with Crippen LogP contribution in [0.4, 0.5) is 0 Å². The van der Waals surface area contributed by atoms with Gasteiger partial charge in [0.1, 0.15) is 10.8 Å². The number of nitrogens with two attached hydrogens (primary N) is 1. The highest BCUT2D eigenvalue weighted by molar-refractivity contribution is 6.33. The van der Waals surface area contributed by atoms with Gasteiger partial charge in [-0.2, -0.15) is 0 Å². The molecule has 0 fully saturated rings. The van der Waals surface area contributed by atoms with Gasteiger partial charge < -0.3 is 20.3 Å². The van der Waals surface area contributed by atoms with Crippen molar-refractivity contribution in [1.82, 2.24) is 0 Å². The molecule has 1 aromatic rings. The molecule has 0 aliphatic rings. The van der Waals surface area contributed by atoms with Crippen LogP contribution in [0.15, 0.2) is 6.07 Å². The second kappa shape index (κ2) is 4.59. The average Bonchev–Trinajstić information content (AvgIpc) is 2.21. The molecule has 1 aromatic carbocycles. The predicted molar refractivity (Wildman–Crippen MR) is 58.8 cm³/mol. The van der Waals surface area contributed by atoms with E-state index in [1.165, 1.54) is 14.2 Å². The summed E-state index contributed by atoms with van der Waals surface area (Å²) in [6.45, 7) is 1.75. The maximum absolute atomic E-state index is 9.75. The van der Waals surface area contributed by atoms with Crippen molar-refractivity contribution in [2.24, 2.45) is 5.73 Å². The molecule has 1 atom stereocenters. The van der Waals surface area contributed by atoms with Crippen LogP contribution >= 0.6 is 11.6 Å². The van der Waals surface area contributed by atoms with E-state index in [-0.39, 0.29) is 16.8 Å². The van der Waals surface area contributed by atoms with Gasteiger partial charge in [0.25, 0.3) is 0 Å². The highest BCUT2D eigenvalue weighted by atomic mass is 35.5. The Morgan fingerprint density at radius 3 is 2.40 bits per heavy atom. The zero-order valence-corrected chi connectivity index (χ0v) is 9.63. The molecular weight excluding hydrogens is 218 g/mol. The maximum atomic E-state index is 9.75. The lowest BCUT2D eigenvalue weighted by molar-refractivity contribution is 0.350. The van der Waals surface area contributed by atoms with E-state index in [2.05, 4.69) is 0 Å². The molecule has 0 aromatic heterocycles. The van der Waals surface area contributed by atoms with Gasteiger partial charge in [-0.3, -0.25) is 0 Å². The zero-order chi connectivity index (χ0) is 11.6. The summed E-state index contributed by atoms with van der Waals surface area (Å²) in [5.74, 6) is 0.693. The second-order valence-electron chi connectivity index (χ2n) is 3.15. The first-order chi connectivity index (χ1) is 7.02. The quantitative estimate of drug-likeness (QED) is 0.836. The fraction of sp³-hybridized carbons (Fsp3) is 0.400. The highest BCUT2D eigenvalue weighted by Crippen LogP contribution is 2.44. The number of phenols is 1. The monoisotopic (exact) mass is 231 g/mol. The maximum Gasteiger partial charge on any atom is 0.183 e. The topological polar surface area (TPSA) is 64.7 Å². The second-order valence-corrected chi connectivity index (χ2v) is 3.53. The fourth-order valence-electron chi connectivity index (χ4n) is 1.31. The third-order valence-corrected chi connectivity index (χ3v) is 2.46. The standard InChI is InChI=1S/C10H14ClNO3/c1-5(12)6-4-7(14-2)10(15-3)8(11)9(6)13/h4-5,13H,12H2,1-3H3. The van der Waals surface area contributed by atoms with E-state index in [4.69, 9.17) is 26.8 Å². The first-order valence-corrected chi connectivity index (χ1v) is 4.79. The van der Waals surface area contributed by atoms with Crippen molar-refractivity contribution in [3.8, 4) is 17.2 Å². The Morgan fingerprint density at radius 2 is 2.00 bits per heavy atom. The molecule has 0 aliphatic heterocycles. The first kappa shape index (κ1) is 11.9. The normalized spacial score (nSPS) is 12.3. The van der Waals surface area contributed by atoms with Crippen molar-refractivity contribution in [3.05, 3.63) is 16.7 Å². The number of benzene rings is 1. The van der Waals surface area contributed by atoms with Gasteiger partial charge in [0, 0.05) is 11.6 Å². The molecule has 3 N–H and O–H groups in total. The number of rotatable bonds is 3. The average molecular weight is 232 g/mol. The summed E-state index contributed by atoms with van der Waals surface area (Å²) in [7, 11) is 2.95. The molecular formula is C10H14ClNO3. The van der Waals surface area contributed by atoms with Crippen LogP contribution in [0.5, 0.6) is 17.2 Å². The molecule has 0 amide bonds. The molecule has 1 unspecified atom stereocenters. The van der Waals surface area contributed by atoms with E-state index in [1.54, 1.807) is 13.0 Å². The van der Waals surface area contributed by atoms with Crippen LogP contribution in [-0.2, 0) is 0 Å². The van der Waals surface area contributed by atoms with Gasteiger partial charge in [-0.1, -0.05) is 11.6 Å². The molecule has 15 heavy (non-hydrogen) atoms. The Bertz CT molecular complexity index is 366. The molecule has 0 saturated carbocycles. The summed E-state index contributed by atoms with van der Waals surface area (Å²) in [5.41, 5.74) is 6.21. The summed E-state index contributed by atoms with van der Waals surface area (Å²) in [4.78, 5) is 0. The Labute approximate surface area is 93.6 Å². The summed E-state index contributed by atoms with van der Waals surface area (Å²) in [6, 6.07) is 1.28. The lowest BCUT2D eigenvalue weighted by Gasteiger charge is -2.15. The Balaban J connectivity index is 3.42. The van der Waals surface area contributed by atoms with E-state index in [0.29, 0.717) is 17.1 Å². The number of hydrogen-bond acceptors (Lipinski definition) is 4. The first-order valence-electron chi connectivity index (χ1n) is 4.41. The SMILES string of the molecule is COc1cc(C(C)N)c(O)c(Cl)c1OC. The summed E-state index contributed by atoms with van der Waals surface area (Å²) in [6.07, 6.45) is 0. The van der Waals surface area contributed by atoms with E-state index < -0.39 is 0 Å². The molecule has 5 heteroatoms. The Hall–Kier alpha value is -1.13. The zero-order valence-electron chi connectivity index (χ0n) is 8.87. The van der Waals surface area contributed by atoms with Crippen molar-refractivity contribution >= 4 is 11.6 Å². The number of hydrogen-bond donors (Lipinski definition) is 2. The highest BCUT2D eigenvalue weighted by Gasteiger charge is 2.19. The van der Waals surface area contributed by atoms with Crippen LogP contribution in [0, 0.1) is 0 Å². The Morgan fingerprint density at radius 1 is 1.40 bits per heavy atom. The van der Waals surface area contributed by atoms with Crippen molar-refractivity contribution in [1.29, 1.82) is 0 Å². The summed E-state index contributed by atoms with van der Waals surface area (Å²) in [5, 5.41) is 9.87. The number of methoxy groups -OCH3 is 2. The number of phenolic OH excluding ortho intramolecular Hbond substituents is 1. The minimum atomic E-state index is -0.331. The van der Waals surface area contributed by atoms with E-state index in [1.807, 2.05) is 0 Å². The van der Waals surface area contributed by atoms with Crippen LogP contribution < -0.4 is 15.2 Å². The third-order valence-electron chi connectivity index (χ3n) is 2.11. The van der Waals surface area contributed by atoms with Crippen LogP contribution in [0.2, 0.25) is 5.02 Å². The minimum Gasteiger partial charge on any atom is -0.506 e. The molecule has 0 aliphatic carbocycles.